The van der Waals surface area contributed by atoms with E-state index >= 15 is 0 Å². The fourth-order valence-electron chi connectivity index (χ4n) is 7.50. The zero-order chi connectivity index (χ0) is 42.6. The maximum Gasteiger partial charge on any atom is 0.408 e. The van der Waals surface area contributed by atoms with Gasteiger partial charge in [-0.15, -0.1) is 6.58 Å². The molecule has 3 N–H and O–H groups in total. The maximum atomic E-state index is 14.5. The zero-order valence-electron chi connectivity index (χ0n) is 34.0. The van der Waals surface area contributed by atoms with Crippen LogP contribution in [0, 0.1) is 11.8 Å². The second kappa shape index (κ2) is 17.7. The largest absolute Gasteiger partial charge is 0.497 e. The number of ether oxygens (including phenoxy) is 5. The fourth-order valence-corrected chi connectivity index (χ4v) is 8.17. The molecule has 2 aliphatic carbocycles. The van der Waals surface area contributed by atoms with E-state index in [9.17, 15) is 27.6 Å². The highest BCUT2D eigenvalue weighted by molar-refractivity contribution is 7.90. The minimum atomic E-state index is -4.03. The van der Waals surface area contributed by atoms with Crippen molar-refractivity contribution in [2.45, 2.75) is 101 Å². The Labute approximate surface area is 344 Å². The van der Waals surface area contributed by atoms with Crippen LogP contribution in [0.25, 0.3) is 17.0 Å². The van der Waals surface area contributed by atoms with E-state index in [2.05, 4.69) is 28.5 Å². The number of amides is 4. The van der Waals surface area contributed by atoms with E-state index in [1.165, 1.54) is 24.8 Å². The van der Waals surface area contributed by atoms with Crippen LogP contribution in [-0.2, 0) is 38.6 Å². The smallest absolute Gasteiger partial charge is 0.408 e. The van der Waals surface area contributed by atoms with Crippen LogP contribution in [0.2, 0.25) is 0 Å². The number of fused-ring (bicyclic) bond motifs is 1. The molecule has 0 spiro atoms. The van der Waals surface area contributed by atoms with Crippen LogP contribution in [0.3, 0.4) is 0 Å². The Bertz CT molecular complexity index is 2160. The van der Waals surface area contributed by atoms with Gasteiger partial charge in [-0.05, 0) is 82.2 Å². The van der Waals surface area contributed by atoms with Crippen LogP contribution in [-0.4, -0.2) is 97.6 Å². The number of methoxy groups -OCH3 is 1. The fraction of sp³-hybridized carbons (Fsp3) is 0.500. The summed E-state index contributed by atoms with van der Waals surface area (Å²) in [5.41, 5.74) is -0.571. The second-order valence-electron chi connectivity index (χ2n) is 15.8. The highest BCUT2D eigenvalue weighted by Crippen LogP contribution is 2.45. The number of nitrogens with zero attached hydrogens (tertiary/aromatic N) is 2. The molecule has 3 fully saturated rings. The van der Waals surface area contributed by atoms with Gasteiger partial charge in [-0.1, -0.05) is 26.5 Å². The van der Waals surface area contributed by atoms with Gasteiger partial charge in [-0.25, -0.2) is 18.2 Å². The standard InChI is InChI=1S/C42H53N5O11S/c1-8-26-21-42(26,40(50)46-59(52,53)25(5)6)45-38(48)33-20-30(22-47(33)39(49)37(24(3)4)44-41(51)58-28-12-10-11-13-28)57-36-18-27(14-17-35-34(9-2)55-23-56-35)43-32-19-29(54-7)15-16-31(32)36/h8-9,14-19,24-26,28,30,33,37H,1-2,10-13,20-23H2,3-7H3,(H,44,51)(H,45,48)(H,46,50)/b17-14+/t26?,30-,33+,37+,42?/m1/s1. The van der Waals surface area contributed by atoms with Gasteiger partial charge in [0.2, 0.25) is 28.6 Å². The van der Waals surface area contributed by atoms with Crippen molar-refractivity contribution in [1.29, 1.82) is 0 Å². The van der Waals surface area contributed by atoms with E-state index in [1.807, 2.05) is 0 Å². The molecular weight excluding hydrogens is 783 g/mol. The molecule has 2 unspecified atom stereocenters. The first-order valence-corrected chi connectivity index (χ1v) is 21.4. The number of benzene rings is 1. The van der Waals surface area contributed by atoms with Gasteiger partial charge < -0.3 is 39.2 Å². The molecule has 4 aliphatic rings. The van der Waals surface area contributed by atoms with E-state index in [4.69, 9.17) is 28.7 Å². The predicted octanol–water partition coefficient (Wildman–Crippen LogP) is 4.62. The topological polar surface area (TPSA) is 201 Å². The van der Waals surface area contributed by atoms with Gasteiger partial charge in [0.1, 0.15) is 41.3 Å². The van der Waals surface area contributed by atoms with E-state index in [-0.39, 0.29) is 32.3 Å². The number of rotatable bonds is 16. The van der Waals surface area contributed by atoms with Gasteiger partial charge in [0.05, 0.1) is 30.1 Å². The number of nitrogens with one attached hydrogen (secondary N) is 3. The van der Waals surface area contributed by atoms with Crippen molar-refractivity contribution in [2.24, 2.45) is 11.8 Å². The minimum absolute atomic E-state index is 0.0123. The number of sulfonamides is 1. The highest BCUT2D eigenvalue weighted by Gasteiger charge is 2.61. The molecule has 1 saturated heterocycles. The first-order chi connectivity index (χ1) is 28.1. The van der Waals surface area contributed by atoms with Crippen molar-refractivity contribution in [3.63, 3.8) is 0 Å². The van der Waals surface area contributed by atoms with Crippen LogP contribution in [0.4, 0.5) is 4.79 Å². The first-order valence-electron chi connectivity index (χ1n) is 19.8. The Morgan fingerprint density at radius 3 is 2.39 bits per heavy atom. The summed E-state index contributed by atoms with van der Waals surface area (Å²) in [5, 5.41) is 5.25. The van der Waals surface area contributed by atoms with Crippen LogP contribution in [0.1, 0.15) is 71.9 Å². The van der Waals surface area contributed by atoms with Gasteiger partial charge in [0.15, 0.2) is 11.5 Å². The molecule has 5 atom stereocenters. The molecule has 318 valence electrons. The monoisotopic (exact) mass is 835 g/mol. The number of allylic oxidation sites excluding steroid dienone is 2. The molecule has 2 saturated carbocycles. The van der Waals surface area contributed by atoms with Crippen molar-refractivity contribution < 1.29 is 51.3 Å². The number of aromatic nitrogens is 1. The third-order valence-electron chi connectivity index (χ3n) is 11.1. The van der Waals surface area contributed by atoms with Crippen molar-refractivity contribution in [2.75, 3.05) is 20.4 Å². The number of likely N-dealkylation sites (tertiary alicyclic amines) is 1. The molecule has 3 heterocycles. The summed E-state index contributed by atoms with van der Waals surface area (Å²) >= 11 is 0. The summed E-state index contributed by atoms with van der Waals surface area (Å²) in [6, 6.07) is 4.77. The quantitative estimate of drug-likeness (QED) is 0.199. The lowest BCUT2D eigenvalue weighted by atomic mass is 10.0. The molecule has 2 aliphatic heterocycles. The molecule has 1 aromatic heterocycles. The number of hydrogen-bond acceptors (Lipinski definition) is 12. The van der Waals surface area contributed by atoms with Gasteiger partial charge in [0.25, 0.3) is 5.91 Å². The average Bonchev–Trinajstić information content (AvgIpc) is 3.61. The van der Waals surface area contributed by atoms with Gasteiger partial charge in [-0.3, -0.25) is 19.1 Å². The lowest BCUT2D eigenvalue weighted by Crippen LogP contribution is -2.59. The number of carbonyl (C=O) groups is 4. The molecule has 2 aromatic rings. The molecule has 4 amide bonds. The molecule has 0 radical (unpaired) electrons. The SMILES string of the molecule is C=CC1=C(/C=C/c2cc(O[C@@H]3C[C@@H](C(=O)NC4(C(=O)NS(=O)(=O)C(C)C)CC4C=C)N(C(=O)[C@@H](NC(=O)OC4CCCC4)C(C)C)C3)c3ccc(OC)cc3n2)OCO1. The predicted molar refractivity (Wildman–Crippen MR) is 218 cm³/mol. The van der Waals surface area contributed by atoms with E-state index in [1.54, 1.807) is 63.5 Å². The second-order valence-corrected chi connectivity index (χ2v) is 18.0. The Hall–Kier alpha value is -5.58. The van der Waals surface area contributed by atoms with Crippen LogP contribution in [0.5, 0.6) is 11.5 Å². The third kappa shape index (κ3) is 9.50. The third-order valence-corrected chi connectivity index (χ3v) is 12.8. The number of alkyl carbamates (subject to hydrolysis) is 1. The van der Waals surface area contributed by atoms with Crippen LogP contribution >= 0.6 is 0 Å². The van der Waals surface area contributed by atoms with Gasteiger partial charge in [-0.2, -0.15) is 0 Å². The molecule has 6 rings (SSSR count). The van der Waals surface area contributed by atoms with E-state index < -0.39 is 74.7 Å². The molecule has 59 heavy (non-hydrogen) atoms. The first kappa shape index (κ1) is 43.0. The normalized spacial score (nSPS) is 23.5. The van der Waals surface area contributed by atoms with Gasteiger partial charge in [0, 0.05) is 29.9 Å². The molecule has 0 bridgehead atoms. The average molecular weight is 836 g/mol. The van der Waals surface area contributed by atoms with E-state index in [0.717, 1.165) is 25.7 Å². The van der Waals surface area contributed by atoms with Gasteiger partial charge >= 0.3 is 6.09 Å². The Kier molecular flexibility index (Phi) is 12.9. The lowest BCUT2D eigenvalue weighted by Gasteiger charge is -2.31. The lowest BCUT2D eigenvalue weighted by molar-refractivity contribution is -0.141. The maximum absolute atomic E-state index is 14.5. The highest BCUT2D eigenvalue weighted by atomic mass is 32.2. The summed E-state index contributed by atoms with van der Waals surface area (Å²) in [7, 11) is -2.49. The summed E-state index contributed by atoms with van der Waals surface area (Å²) in [4.78, 5) is 61.7. The number of pyridine rings is 1. The molecule has 1 aromatic carbocycles. The molecule has 16 nitrogen and oxygen atoms in total. The van der Waals surface area contributed by atoms with Crippen LogP contribution in [0.15, 0.2) is 67.2 Å². The molecule has 17 heteroatoms. The van der Waals surface area contributed by atoms with Crippen molar-refractivity contribution in [1.82, 2.24) is 25.2 Å². The minimum Gasteiger partial charge on any atom is -0.497 e. The Morgan fingerprint density at radius 1 is 1.02 bits per heavy atom. The van der Waals surface area contributed by atoms with Crippen LogP contribution < -0.4 is 24.8 Å². The number of carbonyl (C=O) groups excluding carboxylic acids is 4. The van der Waals surface area contributed by atoms with E-state index in [0.29, 0.717) is 39.6 Å². The summed E-state index contributed by atoms with van der Waals surface area (Å²) in [6.45, 7) is 13.9. The Balaban J connectivity index is 1.32. The van der Waals surface area contributed by atoms with Crippen molar-refractivity contribution >= 4 is 50.8 Å². The summed E-state index contributed by atoms with van der Waals surface area (Å²) < 4.78 is 56.3. The Morgan fingerprint density at radius 2 is 1.75 bits per heavy atom. The van der Waals surface area contributed by atoms with Crippen molar-refractivity contribution in [3.05, 3.63) is 72.9 Å². The summed E-state index contributed by atoms with van der Waals surface area (Å²) in [6.07, 6.45) is 8.18. The van der Waals surface area contributed by atoms with Crippen molar-refractivity contribution in [3.8, 4) is 11.5 Å². The summed E-state index contributed by atoms with van der Waals surface area (Å²) in [5.74, 6) is -1.20. The zero-order valence-corrected chi connectivity index (χ0v) is 34.8. The number of hydrogen-bond donors (Lipinski definition) is 3. The molecular formula is C42H53N5O11S.